The number of anilines is 1. The molecule has 7 heteroatoms. The number of benzene rings is 2. The van der Waals surface area contributed by atoms with Crippen molar-refractivity contribution >= 4 is 23.1 Å². The van der Waals surface area contributed by atoms with Gasteiger partial charge in [-0.15, -0.1) is 11.3 Å². The maximum Gasteiger partial charge on any atom is 0.322 e. The average Bonchev–Trinajstić information content (AvgIpc) is 3.26. The van der Waals surface area contributed by atoms with E-state index >= 15 is 0 Å². The molecule has 2 aromatic carbocycles. The molecule has 1 aliphatic carbocycles. The highest BCUT2D eigenvalue weighted by Crippen LogP contribution is 2.45. The van der Waals surface area contributed by atoms with Gasteiger partial charge in [0, 0.05) is 28.4 Å². The molecule has 34 heavy (non-hydrogen) atoms. The smallest absolute Gasteiger partial charge is 0.322 e. The predicted octanol–water partition coefficient (Wildman–Crippen LogP) is 5.83. The zero-order valence-corrected chi connectivity index (χ0v) is 20.7. The first-order valence-electron chi connectivity index (χ1n) is 11.7. The lowest BCUT2D eigenvalue weighted by Gasteiger charge is -2.36. The Balaban J connectivity index is 1.50. The lowest BCUT2D eigenvalue weighted by molar-refractivity contribution is 0.195. The van der Waals surface area contributed by atoms with Crippen LogP contribution < -0.4 is 19.5 Å². The SMILES string of the molecule is COc1cc(NC(=O)N2CCc3c(sc4c3CCCC4)[C@H]2c2ccccc2)cc(OC)c1OC. The van der Waals surface area contributed by atoms with Gasteiger partial charge in [0.05, 0.1) is 33.1 Å². The fourth-order valence-corrected chi connectivity index (χ4v) is 6.77. The molecular weight excluding hydrogens is 448 g/mol. The van der Waals surface area contributed by atoms with Crippen molar-refractivity contribution in [1.82, 2.24) is 4.90 Å². The van der Waals surface area contributed by atoms with Crippen LogP contribution in [-0.2, 0) is 19.3 Å². The van der Waals surface area contributed by atoms with Crippen LogP contribution in [0.2, 0.25) is 0 Å². The number of fused-ring (bicyclic) bond motifs is 3. The predicted molar refractivity (Wildman–Crippen MR) is 135 cm³/mol. The number of carbonyl (C=O) groups is 1. The van der Waals surface area contributed by atoms with E-state index in [2.05, 4.69) is 17.4 Å². The summed E-state index contributed by atoms with van der Waals surface area (Å²) < 4.78 is 16.3. The Morgan fingerprint density at radius 1 is 0.941 bits per heavy atom. The molecule has 0 bridgehead atoms. The first-order chi connectivity index (χ1) is 16.6. The standard InChI is InChI=1S/C27H30N2O4S/c1-31-21-15-18(16-22(32-2)25(21)33-3)28-27(30)29-14-13-20-19-11-7-8-12-23(19)34-26(20)24(29)17-9-5-4-6-10-17/h4-6,9-10,15-16,24H,7-8,11-14H2,1-3H3,(H,28,30)/t24-/m1/s1. The third kappa shape index (κ3) is 3.98. The molecule has 0 saturated carbocycles. The molecule has 0 saturated heterocycles. The highest BCUT2D eigenvalue weighted by Gasteiger charge is 2.36. The molecule has 0 spiro atoms. The van der Waals surface area contributed by atoms with Gasteiger partial charge in [-0.1, -0.05) is 30.3 Å². The normalized spacial score (nSPS) is 16.9. The molecule has 5 rings (SSSR count). The van der Waals surface area contributed by atoms with Gasteiger partial charge < -0.3 is 24.4 Å². The molecule has 2 heterocycles. The third-order valence-electron chi connectivity index (χ3n) is 6.77. The second-order valence-corrected chi connectivity index (χ2v) is 9.79. The van der Waals surface area contributed by atoms with Crippen molar-refractivity contribution in [3.8, 4) is 17.2 Å². The lowest BCUT2D eigenvalue weighted by Crippen LogP contribution is -2.42. The van der Waals surface area contributed by atoms with Crippen molar-refractivity contribution < 1.29 is 19.0 Å². The van der Waals surface area contributed by atoms with Crippen molar-refractivity contribution in [3.63, 3.8) is 0 Å². The third-order valence-corrected chi connectivity index (χ3v) is 8.15. The molecule has 1 aromatic heterocycles. The van der Waals surface area contributed by atoms with E-state index in [0.717, 1.165) is 18.4 Å². The van der Waals surface area contributed by atoms with Gasteiger partial charge in [-0.2, -0.15) is 0 Å². The number of hydrogen-bond acceptors (Lipinski definition) is 5. The maximum absolute atomic E-state index is 13.7. The molecule has 0 unspecified atom stereocenters. The number of amides is 2. The number of ether oxygens (including phenoxy) is 3. The Hall–Kier alpha value is -3.19. The van der Waals surface area contributed by atoms with Crippen LogP contribution >= 0.6 is 11.3 Å². The van der Waals surface area contributed by atoms with Gasteiger partial charge in [-0.25, -0.2) is 4.79 Å². The van der Waals surface area contributed by atoms with Crippen LogP contribution in [0.25, 0.3) is 0 Å². The van der Waals surface area contributed by atoms with Crippen LogP contribution in [-0.4, -0.2) is 38.8 Å². The molecule has 2 amide bonds. The Morgan fingerprint density at radius 3 is 2.32 bits per heavy atom. The van der Waals surface area contributed by atoms with Gasteiger partial charge in [0.1, 0.15) is 0 Å². The Bertz CT molecular complexity index is 1170. The average molecular weight is 479 g/mol. The maximum atomic E-state index is 13.7. The van der Waals surface area contributed by atoms with E-state index in [9.17, 15) is 4.79 Å². The summed E-state index contributed by atoms with van der Waals surface area (Å²) in [6, 6.07) is 13.6. The number of carbonyl (C=O) groups excluding carboxylic acids is 1. The van der Waals surface area contributed by atoms with Gasteiger partial charge >= 0.3 is 6.03 Å². The molecule has 6 nitrogen and oxygen atoms in total. The number of nitrogens with one attached hydrogen (secondary N) is 1. The summed E-state index contributed by atoms with van der Waals surface area (Å²) in [4.78, 5) is 18.5. The monoisotopic (exact) mass is 478 g/mol. The van der Waals surface area contributed by atoms with Crippen molar-refractivity contribution in [3.05, 3.63) is 68.9 Å². The first-order valence-corrected chi connectivity index (χ1v) is 12.5. The quantitative estimate of drug-likeness (QED) is 0.501. The number of aryl methyl sites for hydroxylation is 1. The fourth-order valence-electron chi connectivity index (χ4n) is 5.18. The first kappa shape index (κ1) is 22.6. The summed E-state index contributed by atoms with van der Waals surface area (Å²) in [7, 11) is 4.70. The molecule has 1 aliphatic heterocycles. The van der Waals surface area contributed by atoms with Gasteiger partial charge in [0.25, 0.3) is 0 Å². The van der Waals surface area contributed by atoms with Gasteiger partial charge in [-0.3, -0.25) is 0 Å². The highest BCUT2D eigenvalue weighted by atomic mass is 32.1. The molecule has 178 valence electrons. The van der Waals surface area contributed by atoms with E-state index in [1.165, 1.54) is 34.6 Å². The summed E-state index contributed by atoms with van der Waals surface area (Å²) in [5, 5.41) is 3.08. The molecule has 0 radical (unpaired) electrons. The van der Waals surface area contributed by atoms with E-state index in [1.54, 1.807) is 39.0 Å². The minimum Gasteiger partial charge on any atom is -0.493 e. The van der Waals surface area contributed by atoms with Crippen LogP contribution in [0.5, 0.6) is 17.2 Å². The minimum atomic E-state index is -0.139. The Labute approximate surface area is 204 Å². The second kappa shape index (κ2) is 9.58. The van der Waals surface area contributed by atoms with Crippen LogP contribution in [0.1, 0.15) is 45.3 Å². The van der Waals surface area contributed by atoms with Crippen LogP contribution in [0.15, 0.2) is 42.5 Å². The number of hydrogen-bond donors (Lipinski definition) is 1. The summed E-state index contributed by atoms with van der Waals surface area (Å²) in [5.41, 5.74) is 4.77. The number of thiophene rings is 1. The van der Waals surface area contributed by atoms with Crippen LogP contribution in [0.3, 0.4) is 0 Å². The van der Waals surface area contributed by atoms with Gasteiger partial charge in [0.2, 0.25) is 5.75 Å². The van der Waals surface area contributed by atoms with Crippen molar-refractivity contribution in [2.75, 3.05) is 33.2 Å². The Kier molecular flexibility index (Phi) is 6.37. The summed E-state index contributed by atoms with van der Waals surface area (Å²) in [6.07, 6.45) is 5.74. The number of urea groups is 1. The second-order valence-electron chi connectivity index (χ2n) is 8.65. The fraction of sp³-hybridized carbons (Fsp3) is 0.370. The Morgan fingerprint density at radius 2 is 1.65 bits per heavy atom. The van der Waals surface area contributed by atoms with Gasteiger partial charge in [0.15, 0.2) is 11.5 Å². The minimum absolute atomic E-state index is 0.0948. The number of rotatable bonds is 5. The van der Waals surface area contributed by atoms with E-state index in [4.69, 9.17) is 14.2 Å². The zero-order chi connectivity index (χ0) is 23.7. The highest BCUT2D eigenvalue weighted by molar-refractivity contribution is 7.12. The molecule has 1 atom stereocenters. The summed E-state index contributed by atoms with van der Waals surface area (Å²) in [6.45, 7) is 0.673. The van der Waals surface area contributed by atoms with E-state index in [-0.39, 0.29) is 12.1 Å². The van der Waals surface area contributed by atoms with Crippen molar-refractivity contribution in [1.29, 1.82) is 0 Å². The topological polar surface area (TPSA) is 60.0 Å². The summed E-state index contributed by atoms with van der Waals surface area (Å²) in [5.74, 6) is 1.50. The number of methoxy groups -OCH3 is 3. The van der Waals surface area contributed by atoms with E-state index < -0.39 is 0 Å². The molecule has 3 aromatic rings. The van der Waals surface area contributed by atoms with Gasteiger partial charge in [-0.05, 0) is 48.8 Å². The summed E-state index contributed by atoms with van der Waals surface area (Å²) >= 11 is 1.91. The van der Waals surface area contributed by atoms with E-state index in [0.29, 0.717) is 29.5 Å². The molecule has 2 aliphatic rings. The lowest BCUT2D eigenvalue weighted by atomic mass is 9.88. The van der Waals surface area contributed by atoms with Crippen molar-refractivity contribution in [2.24, 2.45) is 0 Å². The molecular formula is C27H30N2O4S. The van der Waals surface area contributed by atoms with Crippen molar-refractivity contribution in [2.45, 2.75) is 38.1 Å². The van der Waals surface area contributed by atoms with Crippen LogP contribution in [0, 0.1) is 0 Å². The largest absolute Gasteiger partial charge is 0.493 e. The number of nitrogens with zero attached hydrogens (tertiary/aromatic N) is 1. The molecule has 0 fully saturated rings. The molecule has 1 N–H and O–H groups in total. The zero-order valence-electron chi connectivity index (χ0n) is 19.8. The van der Waals surface area contributed by atoms with Crippen LogP contribution in [0.4, 0.5) is 10.5 Å². The van der Waals surface area contributed by atoms with E-state index in [1.807, 2.05) is 34.4 Å².